The summed E-state index contributed by atoms with van der Waals surface area (Å²) >= 11 is 0. The van der Waals surface area contributed by atoms with Gasteiger partial charge in [0.2, 0.25) is 0 Å². The Balaban J connectivity index is 2.10. The van der Waals surface area contributed by atoms with Crippen LogP contribution in [-0.4, -0.2) is 15.1 Å². The Bertz CT molecular complexity index is 894. The van der Waals surface area contributed by atoms with Crippen LogP contribution in [0.15, 0.2) is 53.3 Å². The summed E-state index contributed by atoms with van der Waals surface area (Å²) in [5.41, 5.74) is 2.91. The van der Waals surface area contributed by atoms with E-state index < -0.39 is 0 Å². The second kappa shape index (κ2) is 5.25. The number of aryl methyl sites for hydroxylation is 1. The number of aliphatic hydroxyl groups excluding tert-OH is 1. The smallest absolute Gasteiger partial charge is 0.274 e. The number of fused-ring (bicyclic) bond motifs is 1. The van der Waals surface area contributed by atoms with E-state index in [0.29, 0.717) is 16.6 Å². The van der Waals surface area contributed by atoms with Crippen molar-refractivity contribution in [3.63, 3.8) is 0 Å². The van der Waals surface area contributed by atoms with Gasteiger partial charge in [-0.25, -0.2) is 4.98 Å². The third-order valence-corrected chi connectivity index (χ3v) is 3.21. The Morgan fingerprint density at radius 2 is 2.00 bits per heavy atom. The fraction of sp³-hybridized carbons (Fsp3) is 0.0588. The van der Waals surface area contributed by atoms with Crippen LogP contribution in [0.2, 0.25) is 0 Å². The Hall–Kier alpha value is -2.88. The van der Waals surface area contributed by atoms with Gasteiger partial charge in [-0.3, -0.25) is 4.79 Å². The van der Waals surface area contributed by atoms with Crippen LogP contribution in [0.3, 0.4) is 0 Å². The summed E-state index contributed by atoms with van der Waals surface area (Å²) in [6.07, 6.45) is 1.39. The summed E-state index contributed by atoms with van der Waals surface area (Å²) < 4.78 is 0. The van der Waals surface area contributed by atoms with Crippen LogP contribution in [0.4, 0.5) is 0 Å². The number of aromatic amines is 1. The van der Waals surface area contributed by atoms with Gasteiger partial charge in [-0.1, -0.05) is 35.9 Å². The van der Waals surface area contributed by atoms with Gasteiger partial charge in [-0.05, 0) is 25.1 Å². The number of nitrogens with zero attached hydrogens (tertiary/aromatic N) is 1. The minimum Gasteiger partial charge on any atom is -0.507 e. The van der Waals surface area contributed by atoms with Crippen molar-refractivity contribution >= 4 is 22.9 Å². The van der Waals surface area contributed by atoms with E-state index >= 15 is 0 Å². The average molecular weight is 278 g/mol. The molecule has 104 valence electrons. The molecule has 4 heteroatoms. The highest BCUT2D eigenvalue weighted by molar-refractivity contribution is 5.79. The molecule has 4 nitrogen and oxygen atoms in total. The van der Waals surface area contributed by atoms with Crippen molar-refractivity contribution in [3.05, 3.63) is 75.7 Å². The number of aliphatic hydroxyl groups is 1. The van der Waals surface area contributed by atoms with Gasteiger partial charge in [0.1, 0.15) is 11.5 Å². The summed E-state index contributed by atoms with van der Waals surface area (Å²) in [7, 11) is 0. The van der Waals surface area contributed by atoms with Crippen molar-refractivity contribution in [2.24, 2.45) is 0 Å². The molecular weight excluding hydrogens is 264 g/mol. The second-order valence-electron chi connectivity index (χ2n) is 4.87. The van der Waals surface area contributed by atoms with Crippen LogP contribution in [-0.2, 0) is 0 Å². The van der Waals surface area contributed by atoms with Crippen LogP contribution in [0.5, 0.6) is 0 Å². The molecule has 0 saturated heterocycles. The first kappa shape index (κ1) is 13.1. The van der Waals surface area contributed by atoms with Crippen LogP contribution < -0.4 is 5.56 Å². The van der Waals surface area contributed by atoms with E-state index in [1.54, 1.807) is 12.1 Å². The minimum absolute atomic E-state index is 0.0204. The number of aromatic nitrogens is 2. The lowest BCUT2D eigenvalue weighted by Gasteiger charge is -2.02. The molecule has 0 unspecified atom stereocenters. The summed E-state index contributed by atoms with van der Waals surface area (Å²) in [4.78, 5) is 19.0. The molecule has 0 radical (unpaired) electrons. The predicted octanol–water partition coefficient (Wildman–Crippen LogP) is 3.29. The number of benzene rings is 2. The van der Waals surface area contributed by atoms with E-state index in [1.165, 1.54) is 6.08 Å². The quantitative estimate of drug-likeness (QED) is 0.707. The molecule has 0 fully saturated rings. The molecule has 0 amide bonds. The van der Waals surface area contributed by atoms with Gasteiger partial charge in [0.25, 0.3) is 5.56 Å². The predicted molar refractivity (Wildman–Crippen MR) is 84.0 cm³/mol. The Morgan fingerprint density at radius 3 is 2.81 bits per heavy atom. The van der Waals surface area contributed by atoms with Crippen LogP contribution in [0.1, 0.15) is 16.8 Å². The first-order valence-electron chi connectivity index (χ1n) is 6.60. The standard InChI is InChI=1S/C17H14N2O2/c1-11-5-4-6-12(9-11)16(20)10-15-17(21)19-14-8-3-2-7-13(14)18-15/h2-10,20H,1H3,(H,19,21). The van der Waals surface area contributed by atoms with Gasteiger partial charge in [0.05, 0.1) is 11.0 Å². The molecule has 3 aromatic rings. The van der Waals surface area contributed by atoms with Gasteiger partial charge >= 0.3 is 0 Å². The summed E-state index contributed by atoms with van der Waals surface area (Å²) in [5.74, 6) is 0.0204. The Kier molecular flexibility index (Phi) is 3.28. The molecule has 2 aromatic carbocycles. The zero-order chi connectivity index (χ0) is 14.8. The Labute approximate surface area is 121 Å². The van der Waals surface area contributed by atoms with E-state index in [0.717, 1.165) is 5.56 Å². The third-order valence-electron chi connectivity index (χ3n) is 3.21. The summed E-state index contributed by atoms with van der Waals surface area (Å²) in [6.45, 7) is 1.94. The molecule has 0 saturated carbocycles. The fourth-order valence-corrected chi connectivity index (χ4v) is 2.16. The highest BCUT2D eigenvalue weighted by Crippen LogP contribution is 2.15. The maximum Gasteiger partial charge on any atom is 0.274 e. The molecular formula is C17H14N2O2. The number of nitrogens with one attached hydrogen (secondary N) is 1. The van der Waals surface area contributed by atoms with Gasteiger partial charge in [0, 0.05) is 11.6 Å². The molecule has 0 spiro atoms. The Morgan fingerprint density at radius 1 is 1.19 bits per heavy atom. The lowest BCUT2D eigenvalue weighted by atomic mass is 10.1. The first-order valence-corrected chi connectivity index (χ1v) is 6.60. The third kappa shape index (κ3) is 2.69. The van der Waals surface area contributed by atoms with Crippen LogP contribution in [0, 0.1) is 6.92 Å². The van der Waals surface area contributed by atoms with E-state index in [4.69, 9.17) is 0 Å². The average Bonchev–Trinajstić information content (AvgIpc) is 2.48. The van der Waals surface area contributed by atoms with Gasteiger partial charge in [-0.2, -0.15) is 0 Å². The van der Waals surface area contributed by atoms with Crippen molar-refractivity contribution in [1.29, 1.82) is 0 Å². The maximum absolute atomic E-state index is 12.0. The molecule has 3 rings (SSSR count). The molecule has 1 aromatic heterocycles. The topological polar surface area (TPSA) is 66.0 Å². The number of hydrogen-bond donors (Lipinski definition) is 2. The largest absolute Gasteiger partial charge is 0.507 e. The molecule has 2 N–H and O–H groups in total. The van der Waals surface area contributed by atoms with E-state index in [1.807, 2.05) is 43.3 Å². The molecule has 0 aliphatic rings. The maximum atomic E-state index is 12.0. The van der Waals surface area contributed by atoms with Crippen molar-refractivity contribution in [1.82, 2.24) is 9.97 Å². The SMILES string of the molecule is Cc1cccc(C(O)=Cc2nc3ccccc3[nH]c2=O)c1. The number of H-pyrrole nitrogens is 1. The number of hydrogen-bond acceptors (Lipinski definition) is 3. The normalized spacial score (nSPS) is 11.8. The van der Waals surface area contributed by atoms with Crippen molar-refractivity contribution < 1.29 is 5.11 Å². The van der Waals surface area contributed by atoms with Gasteiger partial charge < -0.3 is 10.1 Å². The molecule has 0 aliphatic carbocycles. The second-order valence-corrected chi connectivity index (χ2v) is 4.87. The monoisotopic (exact) mass is 278 g/mol. The van der Waals surface area contributed by atoms with Crippen molar-refractivity contribution in [2.45, 2.75) is 6.92 Å². The lowest BCUT2D eigenvalue weighted by molar-refractivity contribution is 0.515. The van der Waals surface area contributed by atoms with Gasteiger partial charge in [0.15, 0.2) is 0 Å². The fourth-order valence-electron chi connectivity index (χ4n) is 2.16. The van der Waals surface area contributed by atoms with Crippen molar-refractivity contribution in [3.8, 4) is 0 Å². The summed E-state index contributed by atoms with van der Waals surface area (Å²) in [6, 6.07) is 14.7. The summed E-state index contributed by atoms with van der Waals surface area (Å²) in [5, 5.41) is 10.2. The minimum atomic E-state index is -0.326. The molecule has 0 aliphatic heterocycles. The van der Waals surface area contributed by atoms with Crippen LogP contribution >= 0.6 is 0 Å². The van der Waals surface area contributed by atoms with Gasteiger partial charge in [-0.15, -0.1) is 0 Å². The number of para-hydroxylation sites is 2. The lowest BCUT2D eigenvalue weighted by Crippen LogP contribution is -2.12. The molecule has 21 heavy (non-hydrogen) atoms. The highest BCUT2D eigenvalue weighted by Gasteiger charge is 2.05. The highest BCUT2D eigenvalue weighted by atomic mass is 16.3. The van der Waals surface area contributed by atoms with Crippen LogP contribution in [0.25, 0.3) is 22.9 Å². The molecule has 1 heterocycles. The molecule has 0 atom stereocenters. The number of rotatable bonds is 2. The molecule has 0 bridgehead atoms. The zero-order valence-electron chi connectivity index (χ0n) is 11.5. The van der Waals surface area contributed by atoms with Crippen molar-refractivity contribution in [2.75, 3.05) is 0 Å². The van der Waals surface area contributed by atoms with E-state index in [2.05, 4.69) is 9.97 Å². The first-order chi connectivity index (χ1) is 10.1. The van der Waals surface area contributed by atoms with E-state index in [9.17, 15) is 9.90 Å². The zero-order valence-corrected chi connectivity index (χ0v) is 11.5. The van der Waals surface area contributed by atoms with E-state index in [-0.39, 0.29) is 17.0 Å².